The number of fused-ring (bicyclic) bond motifs is 4. The summed E-state index contributed by atoms with van der Waals surface area (Å²) in [5.41, 5.74) is -6.94. The molecule has 14 nitrogen and oxygen atoms in total. The van der Waals surface area contributed by atoms with Gasteiger partial charge in [0.05, 0.1) is 71.3 Å². The molecule has 0 fully saturated rings. The Labute approximate surface area is 343 Å². The summed E-state index contributed by atoms with van der Waals surface area (Å²) in [5, 5.41) is 95.6. The van der Waals surface area contributed by atoms with E-state index in [0.29, 0.717) is 12.2 Å². The molecule has 2 aliphatic carbocycles. The van der Waals surface area contributed by atoms with Crippen LogP contribution in [0.4, 0.5) is 0 Å². The van der Waals surface area contributed by atoms with E-state index in [4.69, 9.17) is 21.1 Å². The van der Waals surface area contributed by atoms with E-state index < -0.39 is 121 Å². The van der Waals surface area contributed by atoms with Crippen molar-refractivity contribution in [2.24, 2.45) is 23.7 Å². The molecule has 312 valence electrons. The van der Waals surface area contributed by atoms with Crippen LogP contribution in [0, 0.1) is 23.7 Å². The van der Waals surface area contributed by atoms with Crippen LogP contribution in [0.2, 0.25) is 5.02 Å². The van der Waals surface area contributed by atoms with Gasteiger partial charge in [-0.05, 0) is 57.7 Å². The van der Waals surface area contributed by atoms with Crippen molar-refractivity contribution in [3.05, 3.63) is 81.3 Å². The number of phenols is 4. The number of carbonyl (C=O) groups excluding carboxylic acids is 4. The zero-order valence-electron chi connectivity index (χ0n) is 33.4. The highest BCUT2D eigenvalue weighted by Gasteiger charge is 2.59. The van der Waals surface area contributed by atoms with Gasteiger partial charge >= 0.3 is 11.9 Å². The fourth-order valence-electron chi connectivity index (χ4n) is 9.47. The summed E-state index contributed by atoms with van der Waals surface area (Å²) < 4.78 is 9.61. The number of rotatable bonds is 7. The summed E-state index contributed by atoms with van der Waals surface area (Å²) in [5.74, 6) is -16.6. The second kappa shape index (κ2) is 14.8. The quantitative estimate of drug-likeness (QED) is 0.0532. The van der Waals surface area contributed by atoms with Crippen molar-refractivity contribution in [3.8, 4) is 34.1 Å². The fraction of sp³-hybridized carbons (Fsp3) is 0.364. The number of carbonyl (C=O) groups is 4. The number of phenolic OH excluding ortho intramolecular Hbond substituents is 4. The topological polar surface area (TPSA) is 249 Å². The Morgan fingerprint density at radius 1 is 0.661 bits per heavy atom. The number of ether oxygens (including phenoxy) is 2. The largest absolute Gasteiger partial charge is 0.511 e. The van der Waals surface area contributed by atoms with Crippen LogP contribution in [-0.2, 0) is 19.1 Å². The highest BCUT2D eigenvalue weighted by molar-refractivity contribution is 6.38. The van der Waals surface area contributed by atoms with Gasteiger partial charge in [-0.1, -0.05) is 65.3 Å². The Kier molecular flexibility index (Phi) is 10.7. The van der Waals surface area contributed by atoms with Crippen LogP contribution in [0.3, 0.4) is 0 Å². The third-order valence-corrected chi connectivity index (χ3v) is 12.8. The molecule has 0 saturated heterocycles. The molecule has 0 saturated carbocycles. The molecule has 0 spiro atoms. The van der Waals surface area contributed by atoms with Crippen LogP contribution in [-0.4, -0.2) is 89.8 Å². The molecule has 4 aromatic carbocycles. The maximum absolute atomic E-state index is 14.8. The van der Waals surface area contributed by atoms with Crippen molar-refractivity contribution in [1.82, 2.24) is 0 Å². The van der Waals surface area contributed by atoms with Crippen molar-refractivity contribution in [1.29, 1.82) is 0 Å². The van der Waals surface area contributed by atoms with Crippen LogP contribution >= 0.6 is 11.6 Å². The molecule has 6 atom stereocenters. The second-order valence-corrected chi connectivity index (χ2v) is 16.3. The lowest BCUT2D eigenvalue weighted by Gasteiger charge is -2.49. The van der Waals surface area contributed by atoms with Crippen molar-refractivity contribution in [2.45, 2.75) is 64.6 Å². The van der Waals surface area contributed by atoms with Gasteiger partial charge in [-0.2, -0.15) is 0 Å². The molecule has 0 aliphatic heterocycles. The van der Waals surface area contributed by atoms with E-state index >= 15 is 0 Å². The minimum atomic E-state index is -2.29. The average Bonchev–Trinajstić information content (AvgIpc) is 3.17. The van der Waals surface area contributed by atoms with Crippen LogP contribution in [0.15, 0.2) is 54.0 Å². The maximum atomic E-state index is 14.8. The summed E-state index contributed by atoms with van der Waals surface area (Å²) in [6.45, 7) is 8.93. The Balaban J connectivity index is 2.08. The minimum absolute atomic E-state index is 0.117. The van der Waals surface area contributed by atoms with Gasteiger partial charge in [-0.15, -0.1) is 0 Å². The third-order valence-electron chi connectivity index (χ3n) is 12.5. The minimum Gasteiger partial charge on any atom is -0.511 e. The van der Waals surface area contributed by atoms with Crippen LogP contribution in [0.25, 0.3) is 32.7 Å². The van der Waals surface area contributed by atoms with Crippen LogP contribution in [0.5, 0.6) is 23.0 Å². The summed E-state index contributed by atoms with van der Waals surface area (Å²) >= 11 is 7.02. The SMILES string of the molecule is COC(=O)/C=C(/O)C1c2c(c(O)c3c(O)cccc3c2-c2c3c(c(O)c4c(O)ccc(Cl)c24)C(=O)C(C)C(O)(C(C)C)C3/C(O)=C\C(=O)OC)C(=O)C(C)C1(O)C(C)C. The summed E-state index contributed by atoms with van der Waals surface area (Å²) in [6.07, 6.45) is 1.35. The number of aromatic hydroxyl groups is 4. The van der Waals surface area contributed by atoms with Crippen LogP contribution in [0.1, 0.15) is 85.2 Å². The number of aliphatic hydroxyl groups excluding tert-OH is 2. The van der Waals surface area contributed by atoms with Gasteiger partial charge in [0, 0.05) is 22.2 Å². The van der Waals surface area contributed by atoms with Gasteiger partial charge in [0.25, 0.3) is 0 Å². The highest BCUT2D eigenvalue weighted by atomic mass is 35.5. The number of methoxy groups -OCH3 is 2. The van der Waals surface area contributed by atoms with E-state index in [1.165, 1.54) is 38.1 Å². The number of halogens is 1. The summed E-state index contributed by atoms with van der Waals surface area (Å²) in [7, 11) is 2.08. The van der Waals surface area contributed by atoms with Gasteiger partial charge in [0.15, 0.2) is 11.6 Å². The van der Waals surface area contributed by atoms with Crippen molar-refractivity contribution in [2.75, 3.05) is 14.2 Å². The van der Waals surface area contributed by atoms with E-state index in [0.717, 1.165) is 20.3 Å². The normalized spacial score (nSPS) is 24.8. The lowest BCUT2D eigenvalue weighted by molar-refractivity contribution is -0.136. The first-order valence-corrected chi connectivity index (χ1v) is 19.1. The molecule has 0 radical (unpaired) electrons. The number of aliphatic hydroxyl groups is 4. The van der Waals surface area contributed by atoms with Gasteiger partial charge in [-0.3, -0.25) is 9.59 Å². The number of ketones is 2. The molecule has 0 bridgehead atoms. The van der Waals surface area contributed by atoms with E-state index in [1.807, 2.05) is 0 Å². The number of benzene rings is 4. The molecule has 0 amide bonds. The molecular weight excluding hydrogens is 788 g/mol. The number of esters is 2. The zero-order chi connectivity index (χ0) is 44.0. The van der Waals surface area contributed by atoms with Gasteiger partial charge in [0.2, 0.25) is 0 Å². The predicted molar refractivity (Wildman–Crippen MR) is 216 cm³/mol. The van der Waals surface area contributed by atoms with Crippen molar-refractivity contribution >= 4 is 56.7 Å². The molecule has 59 heavy (non-hydrogen) atoms. The fourth-order valence-corrected chi connectivity index (χ4v) is 9.72. The second-order valence-electron chi connectivity index (χ2n) is 15.8. The molecule has 0 aromatic heterocycles. The van der Waals surface area contributed by atoms with Gasteiger partial charge < -0.3 is 50.3 Å². The Hall–Kier alpha value is -5.83. The molecule has 8 N–H and O–H groups in total. The van der Waals surface area contributed by atoms with Gasteiger partial charge in [-0.25, -0.2) is 9.59 Å². The van der Waals surface area contributed by atoms with Crippen molar-refractivity contribution in [3.63, 3.8) is 0 Å². The molecule has 6 rings (SSSR count). The molecule has 2 aliphatic rings. The van der Waals surface area contributed by atoms with Crippen LogP contribution < -0.4 is 0 Å². The molecule has 15 heteroatoms. The summed E-state index contributed by atoms with van der Waals surface area (Å²) in [6, 6.07) is 6.35. The monoisotopic (exact) mass is 832 g/mol. The first-order valence-electron chi connectivity index (χ1n) is 18.8. The first kappa shape index (κ1) is 42.8. The van der Waals surface area contributed by atoms with Crippen molar-refractivity contribution < 1.29 is 69.5 Å². The van der Waals surface area contributed by atoms with Gasteiger partial charge in [0.1, 0.15) is 34.5 Å². The molecule has 4 aromatic rings. The average molecular weight is 833 g/mol. The third kappa shape index (κ3) is 5.90. The highest BCUT2D eigenvalue weighted by Crippen LogP contribution is 2.63. The standard InChI is InChI=1S/C44H45ClO14/c1-16(2)43(56)18(5)39(52)35-33(37(43)24(48)14-26(50)58-7)29(20-10-9-11-22(46)28(20)41(35)54)32-30-21(45)12-13-23(47)31(30)42(55)36-34(32)38(25(49)15-27(51)59-8)44(57,17(3)4)19(6)40(36)53/h9-19,37-38,46-49,54-57H,1-8H3/b24-14+,25-15+. The number of Topliss-reactive ketones (excluding diaryl/α,β-unsaturated/α-hetero) is 2. The molecular formula is C44H45ClO14. The zero-order valence-corrected chi connectivity index (χ0v) is 34.2. The Morgan fingerprint density at radius 2 is 1.08 bits per heavy atom. The van der Waals surface area contributed by atoms with E-state index in [-0.39, 0.29) is 43.4 Å². The smallest absolute Gasteiger partial charge is 0.333 e. The Bertz CT molecular complexity index is 2570. The summed E-state index contributed by atoms with van der Waals surface area (Å²) in [4.78, 5) is 55.2. The lowest BCUT2D eigenvalue weighted by Crippen LogP contribution is -2.55. The molecule has 0 heterocycles. The van der Waals surface area contributed by atoms with E-state index in [9.17, 15) is 60.0 Å². The first-order chi connectivity index (χ1) is 27.5. The van der Waals surface area contributed by atoms with E-state index in [1.54, 1.807) is 27.7 Å². The Morgan fingerprint density at radius 3 is 1.53 bits per heavy atom. The van der Waals surface area contributed by atoms with E-state index in [2.05, 4.69) is 0 Å². The number of hydrogen-bond acceptors (Lipinski definition) is 14. The predicted octanol–water partition coefficient (Wildman–Crippen LogP) is 6.97. The lowest BCUT2D eigenvalue weighted by atomic mass is 9.56. The number of hydrogen-bond donors (Lipinski definition) is 8. The molecule has 6 unspecified atom stereocenters. The maximum Gasteiger partial charge on any atom is 0.333 e.